The number of amides is 1. The van der Waals surface area contributed by atoms with Gasteiger partial charge in [0, 0.05) is 39.1 Å². The Labute approximate surface area is 156 Å². The lowest BCUT2D eigenvalue weighted by atomic mass is 10.0. The summed E-state index contributed by atoms with van der Waals surface area (Å²) in [7, 11) is 0. The van der Waals surface area contributed by atoms with Gasteiger partial charge in [-0.2, -0.15) is 0 Å². The Kier molecular flexibility index (Phi) is 5.18. The van der Waals surface area contributed by atoms with E-state index in [-0.39, 0.29) is 24.1 Å². The number of rotatable bonds is 4. The Morgan fingerprint density at radius 3 is 2.69 bits per heavy atom. The molecule has 3 rings (SSSR count). The minimum absolute atomic E-state index is 0.0823. The number of pyridine rings is 1. The molecule has 2 N–H and O–H groups in total. The van der Waals surface area contributed by atoms with Crippen molar-refractivity contribution in [3.05, 3.63) is 79.5 Å². The molecule has 0 aliphatic carbocycles. The summed E-state index contributed by atoms with van der Waals surface area (Å²) < 4.78 is 27.4. The van der Waals surface area contributed by atoms with Gasteiger partial charge in [0.1, 0.15) is 11.6 Å². The number of aryl methyl sites for hydroxylation is 1. The van der Waals surface area contributed by atoms with E-state index in [9.17, 15) is 18.4 Å². The maximum absolute atomic E-state index is 13.6. The van der Waals surface area contributed by atoms with Gasteiger partial charge in [0.2, 0.25) is 5.91 Å². The number of aromatic nitrogens is 1. The first-order valence-electron chi connectivity index (χ1n) is 7.87. The van der Waals surface area contributed by atoms with Gasteiger partial charge in [-0.1, -0.05) is 22.0 Å². The molecule has 1 aromatic heterocycles. The molecule has 0 atom stereocenters. The normalized spacial score (nSPS) is 10.9. The van der Waals surface area contributed by atoms with Gasteiger partial charge in [0.05, 0.1) is 6.42 Å². The fraction of sp³-hybridized carbons (Fsp3) is 0.158. The SMILES string of the molecule is Cc1c(CC(=O)NCc2ccc(F)cc2F)c(=O)[nH]c2ccc(Br)cc12. The molecule has 0 saturated carbocycles. The van der Waals surface area contributed by atoms with E-state index in [1.54, 1.807) is 13.0 Å². The van der Waals surface area contributed by atoms with Crippen LogP contribution in [0.1, 0.15) is 16.7 Å². The van der Waals surface area contributed by atoms with Crippen LogP contribution in [0.4, 0.5) is 8.78 Å². The van der Waals surface area contributed by atoms with Gasteiger partial charge < -0.3 is 10.3 Å². The van der Waals surface area contributed by atoms with Gasteiger partial charge in [-0.3, -0.25) is 9.59 Å². The second kappa shape index (κ2) is 7.37. The van der Waals surface area contributed by atoms with E-state index in [4.69, 9.17) is 0 Å². The van der Waals surface area contributed by atoms with Crippen LogP contribution in [0, 0.1) is 18.6 Å². The van der Waals surface area contributed by atoms with Crippen LogP contribution in [-0.4, -0.2) is 10.9 Å². The molecule has 4 nitrogen and oxygen atoms in total. The highest BCUT2D eigenvalue weighted by atomic mass is 79.9. The number of nitrogens with one attached hydrogen (secondary N) is 2. The minimum Gasteiger partial charge on any atom is -0.352 e. The first kappa shape index (κ1) is 18.3. The average Bonchev–Trinajstić information content (AvgIpc) is 2.58. The van der Waals surface area contributed by atoms with Crippen LogP contribution in [0.5, 0.6) is 0 Å². The molecule has 0 unspecified atom stereocenters. The third kappa shape index (κ3) is 3.83. The highest BCUT2D eigenvalue weighted by Crippen LogP contribution is 2.22. The van der Waals surface area contributed by atoms with Crippen LogP contribution in [0.2, 0.25) is 0 Å². The quantitative estimate of drug-likeness (QED) is 0.675. The summed E-state index contributed by atoms with van der Waals surface area (Å²) in [5.74, 6) is -1.83. The molecule has 0 fully saturated rings. The number of fused-ring (bicyclic) bond motifs is 1. The lowest BCUT2D eigenvalue weighted by Gasteiger charge is -2.10. The van der Waals surface area contributed by atoms with Gasteiger partial charge >= 0.3 is 0 Å². The Balaban J connectivity index is 1.80. The molecule has 0 spiro atoms. The summed E-state index contributed by atoms with van der Waals surface area (Å²) in [6.45, 7) is 1.70. The fourth-order valence-corrected chi connectivity index (χ4v) is 3.12. The molecule has 2 aromatic carbocycles. The predicted molar refractivity (Wildman–Crippen MR) is 98.9 cm³/mol. The summed E-state index contributed by atoms with van der Waals surface area (Å²) in [6, 6.07) is 8.64. The van der Waals surface area contributed by atoms with Gasteiger partial charge in [-0.15, -0.1) is 0 Å². The van der Waals surface area contributed by atoms with E-state index in [2.05, 4.69) is 26.2 Å². The molecule has 26 heavy (non-hydrogen) atoms. The number of hydrogen-bond acceptors (Lipinski definition) is 2. The Morgan fingerprint density at radius 1 is 1.19 bits per heavy atom. The lowest BCUT2D eigenvalue weighted by Crippen LogP contribution is -2.28. The van der Waals surface area contributed by atoms with Crippen molar-refractivity contribution in [3.8, 4) is 0 Å². The number of carbonyl (C=O) groups is 1. The molecular formula is C19H15BrF2N2O2. The van der Waals surface area contributed by atoms with Gasteiger partial charge in [-0.05, 0) is 36.8 Å². The maximum Gasteiger partial charge on any atom is 0.252 e. The van der Waals surface area contributed by atoms with Gasteiger partial charge in [0.25, 0.3) is 5.56 Å². The van der Waals surface area contributed by atoms with Gasteiger partial charge in [-0.25, -0.2) is 8.78 Å². The Hall–Kier alpha value is -2.54. The zero-order valence-corrected chi connectivity index (χ0v) is 15.4. The second-order valence-electron chi connectivity index (χ2n) is 5.94. The third-order valence-electron chi connectivity index (χ3n) is 4.19. The number of halogens is 3. The zero-order chi connectivity index (χ0) is 18.8. The second-order valence-corrected chi connectivity index (χ2v) is 6.85. The van der Waals surface area contributed by atoms with Crippen LogP contribution >= 0.6 is 15.9 Å². The highest BCUT2D eigenvalue weighted by Gasteiger charge is 2.14. The molecule has 0 saturated heterocycles. The number of aromatic amines is 1. The third-order valence-corrected chi connectivity index (χ3v) is 4.68. The lowest BCUT2D eigenvalue weighted by molar-refractivity contribution is -0.120. The number of carbonyl (C=O) groups excluding carboxylic acids is 1. The molecular weight excluding hydrogens is 406 g/mol. The molecule has 0 aliphatic heterocycles. The van der Waals surface area contributed by atoms with Crippen LogP contribution in [0.15, 0.2) is 45.7 Å². The van der Waals surface area contributed by atoms with Crippen molar-refractivity contribution < 1.29 is 13.6 Å². The monoisotopic (exact) mass is 420 g/mol. The van der Waals surface area contributed by atoms with Crippen LogP contribution in [0.3, 0.4) is 0 Å². The van der Waals surface area contributed by atoms with Crippen molar-refractivity contribution in [2.24, 2.45) is 0 Å². The number of benzene rings is 2. The first-order valence-corrected chi connectivity index (χ1v) is 8.66. The van der Waals surface area contributed by atoms with Crippen LogP contribution in [-0.2, 0) is 17.8 Å². The summed E-state index contributed by atoms with van der Waals surface area (Å²) in [5, 5.41) is 3.40. The summed E-state index contributed by atoms with van der Waals surface area (Å²) in [6.07, 6.45) is -0.133. The van der Waals surface area contributed by atoms with Crippen molar-refractivity contribution in [3.63, 3.8) is 0 Å². The Morgan fingerprint density at radius 2 is 1.96 bits per heavy atom. The first-order chi connectivity index (χ1) is 12.3. The maximum atomic E-state index is 13.6. The van der Waals surface area contributed by atoms with Gasteiger partial charge in [0.15, 0.2) is 0 Å². The van der Waals surface area contributed by atoms with E-state index < -0.39 is 17.5 Å². The smallest absolute Gasteiger partial charge is 0.252 e. The van der Waals surface area contributed by atoms with E-state index >= 15 is 0 Å². The van der Waals surface area contributed by atoms with E-state index in [1.165, 1.54) is 6.07 Å². The summed E-state index contributed by atoms with van der Waals surface area (Å²) in [5.41, 5.74) is 1.60. The van der Waals surface area contributed by atoms with Crippen molar-refractivity contribution in [2.75, 3.05) is 0 Å². The summed E-state index contributed by atoms with van der Waals surface area (Å²) >= 11 is 3.39. The van der Waals surface area contributed by atoms with Crippen molar-refractivity contribution in [1.29, 1.82) is 0 Å². The predicted octanol–water partition coefficient (Wildman–Crippen LogP) is 3.74. The van der Waals surface area contributed by atoms with Crippen LogP contribution in [0.25, 0.3) is 10.9 Å². The van der Waals surface area contributed by atoms with Crippen LogP contribution < -0.4 is 10.9 Å². The number of H-pyrrole nitrogens is 1. The molecule has 7 heteroatoms. The minimum atomic E-state index is -0.727. The molecule has 1 heterocycles. The van der Waals surface area contributed by atoms with Crippen molar-refractivity contribution in [1.82, 2.24) is 10.3 Å². The van der Waals surface area contributed by atoms with Crippen molar-refractivity contribution in [2.45, 2.75) is 19.9 Å². The van der Waals surface area contributed by atoms with E-state index in [0.717, 1.165) is 22.0 Å². The molecule has 1 amide bonds. The Bertz CT molecular complexity index is 1060. The molecule has 134 valence electrons. The average molecular weight is 421 g/mol. The van der Waals surface area contributed by atoms with E-state index in [0.29, 0.717) is 16.6 Å². The largest absolute Gasteiger partial charge is 0.352 e. The molecule has 0 bridgehead atoms. The topological polar surface area (TPSA) is 62.0 Å². The molecule has 0 aliphatic rings. The summed E-state index contributed by atoms with van der Waals surface area (Å²) in [4.78, 5) is 27.3. The van der Waals surface area contributed by atoms with E-state index in [1.807, 2.05) is 12.1 Å². The highest BCUT2D eigenvalue weighted by molar-refractivity contribution is 9.10. The fourth-order valence-electron chi connectivity index (χ4n) is 2.76. The zero-order valence-electron chi connectivity index (χ0n) is 13.8. The molecule has 0 radical (unpaired) electrons. The van der Waals surface area contributed by atoms with Crippen molar-refractivity contribution >= 4 is 32.7 Å². The standard InChI is InChI=1S/C19H15BrF2N2O2/c1-10-14-6-12(20)3-5-17(14)24-19(26)15(10)8-18(25)23-9-11-2-4-13(21)7-16(11)22/h2-7H,8-9H2,1H3,(H,23,25)(H,24,26). The number of hydrogen-bond donors (Lipinski definition) is 2. The molecule has 3 aromatic rings.